The van der Waals surface area contributed by atoms with Crippen LogP contribution in [0.4, 0.5) is 0 Å². The highest BCUT2D eigenvalue weighted by atomic mass is 16.5. The molecule has 5 heteroatoms. The Morgan fingerprint density at radius 1 is 0.958 bits per heavy atom. The zero-order valence-corrected chi connectivity index (χ0v) is 13.3. The van der Waals surface area contributed by atoms with Crippen molar-refractivity contribution in [3.63, 3.8) is 0 Å². The molecule has 3 rings (SSSR count). The van der Waals surface area contributed by atoms with Gasteiger partial charge in [0.1, 0.15) is 11.5 Å². The predicted octanol–water partition coefficient (Wildman–Crippen LogP) is 3.66. The molecule has 0 atom stereocenters. The summed E-state index contributed by atoms with van der Waals surface area (Å²) in [6.45, 7) is 0. The third kappa shape index (κ3) is 3.36. The molecule has 24 heavy (non-hydrogen) atoms. The number of amides is 1. The summed E-state index contributed by atoms with van der Waals surface area (Å²) in [7, 11) is 0. The summed E-state index contributed by atoms with van der Waals surface area (Å²) in [5.41, 5.74) is 1.28. The molecule has 1 aliphatic rings. The van der Waals surface area contributed by atoms with Crippen LogP contribution in [0, 0.1) is 0 Å². The van der Waals surface area contributed by atoms with Crippen molar-refractivity contribution in [1.29, 1.82) is 0 Å². The van der Waals surface area contributed by atoms with E-state index in [0.717, 1.165) is 23.5 Å². The van der Waals surface area contributed by atoms with Gasteiger partial charge in [-0.25, -0.2) is 5.06 Å². The van der Waals surface area contributed by atoms with Crippen LogP contribution in [0.1, 0.15) is 47.5 Å². The Bertz CT molecular complexity index is 709. The fraction of sp³-hybridized carbons (Fsp3) is 0.316. The lowest BCUT2D eigenvalue weighted by Crippen LogP contribution is -2.39. The SMILES string of the molecule is O=C(c1ccccc1)N(O)C1CCC(c2ccc(O)cc2O)CC1. The number of rotatable bonds is 3. The van der Waals surface area contributed by atoms with E-state index in [2.05, 4.69) is 0 Å². The van der Waals surface area contributed by atoms with Crippen molar-refractivity contribution >= 4 is 5.91 Å². The highest BCUT2D eigenvalue weighted by Gasteiger charge is 2.30. The molecule has 0 aliphatic heterocycles. The maximum atomic E-state index is 12.3. The molecular weight excluding hydrogens is 306 g/mol. The van der Waals surface area contributed by atoms with Crippen molar-refractivity contribution in [1.82, 2.24) is 5.06 Å². The largest absolute Gasteiger partial charge is 0.508 e. The summed E-state index contributed by atoms with van der Waals surface area (Å²) in [4.78, 5) is 12.3. The van der Waals surface area contributed by atoms with E-state index in [9.17, 15) is 20.2 Å². The molecular formula is C19H21NO4. The lowest BCUT2D eigenvalue weighted by Gasteiger charge is -2.33. The minimum absolute atomic E-state index is 0.0416. The molecule has 5 nitrogen and oxygen atoms in total. The van der Waals surface area contributed by atoms with Gasteiger partial charge in [-0.15, -0.1) is 0 Å². The molecule has 2 aromatic carbocycles. The van der Waals surface area contributed by atoms with Crippen LogP contribution in [0.5, 0.6) is 11.5 Å². The van der Waals surface area contributed by atoms with Crippen LogP contribution in [-0.4, -0.2) is 32.4 Å². The second-order valence-electron chi connectivity index (χ2n) is 6.26. The molecule has 0 spiro atoms. The van der Waals surface area contributed by atoms with Gasteiger partial charge in [0, 0.05) is 11.6 Å². The first-order valence-electron chi connectivity index (χ1n) is 8.15. The number of hydroxylamine groups is 2. The van der Waals surface area contributed by atoms with E-state index in [1.165, 1.54) is 6.07 Å². The van der Waals surface area contributed by atoms with E-state index in [4.69, 9.17) is 0 Å². The third-order valence-electron chi connectivity index (χ3n) is 4.73. The fourth-order valence-electron chi connectivity index (χ4n) is 3.39. The zero-order valence-electron chi connectivity index (χ0n) is 13.3. The Morgan fingerprint density at radius 2 is 1.62 bits per heavy atom. The first-order chi connectivity index (χ1) is 11.6. The molecule has 0 radical (unpaired) electrons. The van der Waals surface area contributed by atoms with Gasteiger partial charge in [-0.1, -0.05) is 24.3 Å². The van der Waals surface area contributed by atoms with Crippen molar-refractivity contribution in [3.8, 4) is 11.5 Å². The maximum absolute atomic E-state index is 12.3. The van der Waals surface area contributed by atoms with E-state index < -0.39 is 0 Å². The molecule has 0 aromatic heterocycles. The molecule has 1 saturated carbocycles. The van der Waals surface area contributed by atoms with Crippen molar-refractivity contribution in [2.45, 2.75) is 37.6 Å². The molecule has 126 valence electrons. The Hall–Kier alpha value is -2.53. The molecule has 0 bridgehead atoms. The first kappa shape index (κ1) is 16.3. The van der Waals surface area contributed by atoms with Crippen molar-refractivity contribution in [3.05, 3.63) is 59.7 Å². The van der Waals surface area contributed by atoms with Gasteiger partial charge >= 0.3 is 0 Å². The average Bonchev–Trinajstić information content (AvgIpc) is 2.61. The van der Waals surface area contributed by atoms with Crippen LogP contribution in [0.3, 0.4) is 0 Å². The Kier molecular flexibility index (Phi) is 4.71. The summed E-state index contributed by atoms with van der Waals surface area (Å²) in [5.74, 6) is -0.0757. The second kappa shape index (κ2) is 6.93. The predicted molar refractivity (Wildman–Crippen MR) is 89.2 cm³/mol. The highest BCUT2D eigenvalue weighted by Crippen LogP contribution is 2.39. The summed E-state index contributed by atoms with van der Waals surface area (Å²) >= 11 is 0. The number of aromatic hydroxyl groups is 2. The number of phenolic OH excluding ortho intramolecular Hbond substituents is 2. The molecule has 1 amide bonds. The quantitative estimate of drug-likeness (QED) is 0.594. The summed E-state index contributed by atoms with van der Waals surface area (Å²) < 4.78 is 0. The summed E-state index contributed by atoms with van der Waals surface area (Å²) in [5, 5.41) is 30.5. The first-order valence-corrected chi connectivity index (χ1v) is 8.15. The lowest BCUT2D eigenvalue weighted by atomic mass is 9.81. The highest BCUT2D eigenvalue weighted by molar-refractivity contribution is 5.93. The Labute approximate surface area is 140 Å². The van der Waals surface area contributed by atoms with Crippen molar-refractivity contribution in [2.24, 2.45) is 0 Å². The van der Waals surface area contributed by atoms with Crippen LogP contribution in [0.15, 0.2) is 48.5 Å². The number of phenols is 2. The van der Waals surface area contributed by atoms with E-state index in [-0.39, 0.29) is 29.4 Å². The van der Waals surface area contributed by atoms with Crippen LogP contribution in [-0.2, 0) is 0 Å². The summed E-state index contributed by atoms with van der Waals surface area (Å²) in [6.07, 6.45) is 2.87. The van der Waals surface area contributed by atoms with E-state index in [1.54, 1.807) is 36.4 Å². The average molecular weight is 327 g/mol. The molecule has 0 heterocycles. The second-order valence-corrected chi connectivity index (χ2v) is 6.26. The van der Waals surface area contributed by atoms with Gasteiger partial charge in [-0.3, -0.25) is 10.0 Å². The van der Waals surface area contributed by atoms with Gasteiger partial charge < -0.3 is 10.2 Å². The normalized spacial score (nSPS) is 20.5. The van der Waals surface area contributed by atoms with Gasteiger partial charge in [-0.05, 0) is 55.4 Å². The maximum Gasteiger partial charge on any atom is 0.277 e. The van der Waals surface area contributed by atoms with Crippen LogP contribution >= 0.6 is 0 Å². The van der Waals surface area contributed by atoms with Crippen LogP contribution in [0.25, 0.3) is 0 Å². The zero-order chi connectivity index (χ0) is 17.1. The minimum atomic E-state index is -0.383. The third-order valence-corrected chi connectivity index (χ3v) is 4.73. The van der Waals surface area contributed by atoms with E-state index in [1.807, 2.05) is 6.07 Å². The van der Waals surface area contributed by atoms with Gasteiger partial charge in [-0.2, -0.15) is 0 Å². The fourth-order valence-corrected chi connectivity index (χ4v) is 3.39. The number of carbonyl (C=O) groups excluding carboxylic acids is 1. The number of benzene rings is 2. The molecule has 3 N–H and O–H groups in total. The molecule has 1 fully saturated rings. The van der Waals surface area contributed by atoms with Gasteiger partial charge in [0.25, 0.3) is 5.91 Å². The molecule has 2 aromatic rings. The van der Waals surface area contributed by atoms with Gasteiger partial charge in [0.05, 0.1) is 6.04 Å². The monoisotopic (exact) mass is 327 g/mol. The number of hydrogen-bond donors (Lipinski definition) is 3. The molecule has 0 unspecified atom stereocenters. The van der Waals surface area contributed by atoms with Crippen molar-refractivity contribution < 1.29 is 20.2 Å². The Morgan fingerprint density at radius 3 is 2.25 bits per heavy atom. The number of hydrogen-bond acceptors (Lipinski definition) is 4. The van der Waals surface area contributed by atoms with E-state index >= 15 is 0 Å². The smallest absolute Gasteiger partial charge is 0.277 e. The minimum Gasteiger partial charge on any atom is -0.508 e. The van der Waals surface area contributed by atoms with E-state index in [0.29, 0.717) is 18.4 Å². The van der Waals surface area contributed by atoms with Gasteiger partial charge in [0.15, 0.2) is 0 Å². The molecule has 0 saturated heterocycles. The van der Waals surface area contributed by atoms with Crippen molar-refractivity contribution in [2.75, 3.05) is 0 Å². The topological polar surface area (TPSA) is 81.0 Å². The van der Waals surface area contributed by atoms with Gasteiger partial charge in [0.2, 0.25) is 0 Å². The summed E-state index contributed by atoms with van der Waals surface area (Å²) in [6, 6.07) is 13.2. The number of carbonyl (C=O) groups is 1. The number of nitrogens with zero attached hydrogens (tertiary/aromatic N) is 1. The Balaban J connectivity index is 1.63. The van der Waals surface area contributed by atoms with Crippen LogP contribution in [0.2, 0.25) is 0 Å². The van der Waals surface area contributed by atoms with Crippen LogP contribution < -0.4 is 0 Å². The molecule has 1 aliphatic carbocycles. The lowest BCUT2D eigenvalue weighted by molar-refractivity contribution is -0.0974. The standard InChI is InChI=1S/C19H21NO4/c21-16-10-11-17(18(22)12-16)13-6-8-15(9-7-13)20(24)19(23)14-4-2-1-3-5-14/h1-5,10-13,15,21-22,24H,6-9H2.